The molecule has 0 aromatic rings. The third-order valence-electron chi connectivity index (χ3n) is 1.11. The van der Waals surface area contributed by atoms with E-state index in [2.05, 4.69) is 5.32 Å². The molecule has 0 aliphatic rings. The van der Waals surface area contributed by atoms with Crippen LogP contribution in [-0.2, 0) is 9.59 Å². The van der Waals surface area contributed by atoms with E-state index in [0.717, 1.165) is 11.8 Å². The first-order chi connectivity index (χ1) is 5.57. The number of amides is 1. The fourth-order valence-corrected chi connectivity index (χ4v) is 0.952. The van der Waals surface area contributed by atoms with Crippen molar-refractivity contribution in [3.63, 3.8) is 0 Å². The zero-order valence-corrected chi connectivity index (χ0v) is 7.43. The highest BCUT2D eigenvalue weighted by atomic mass is 32.2. The normalized spacial score (nSPS) is 12.2. The van der Waals surface area contributed by atoms with Crippen molar-refractivity contribution in [2.45, 2.75) is 12.2 Å². The van der Waals surface area contributed by atoms with E-state index in [1.54, 1.807) is 6.92 Å². The molecule has 1 unspecified atom stereocenters. The number of nitrogens with one attached hydrogen (secondary N) is 1. The number of hydrogen-bond donors (Lipinski definition) is 3. The zero-order chi connectivity index (χ0) is 9.56. The number of rotatable bonds is 5. The highest BCUT2D eigenvalue weighted by molar-refractivity contribution is 8.00. The van der Waals surface area contributed by atoms with Crippen LogP contribution in [0.5, 0.6) is 0 Å². The summed E-state index contributed by atoms with van der Waals surface area (Å²) in [5, 5.41) is 18.4. The molecule has 0 heterocycles. The van der Waals surface area contributed by atoms with Gasteiger partial charge in [-0.05, 0) is 6.92 Å². The molecule has 1 atom stereocenters. The van der Waals surface area contributed by atoms with Crippen molar-refractivity contribution in [2.75, 3.05) is 12.5 Å². The Kier molecular flexibility index (Phi) is 5.48. The van der Waals surface area contributed by atoms with Crippen molar-refractivity contribution in [3.05, 3.63) is 0 Å². The first-order valence-corrected chi connectivity index (χ1v) is 4.34. The average molecular weight is 193 g/mol. The highest BCUT2D eigenvalue weighted by Crippen LogP contribution is 2.07. The third-order valence-corrected chi connectivity index (χ3v) is 1.97. The van der Waals surface area contributed by atoms with Gasteiger partial charge in [-0.1, -0.05) is 0 Å². The van der Waals surface area contributed by atoms with Gasteiger partial charge in [0.15, 0.2) is 0 Å². The lowest BCUT2D eigenvalue weighted by Crippen LogP contribution is -2.34. The molecule has 6 heteroatoms. The topological polar surface area (TPSA) is 86.6 Å². The smallest absolute Gasteiger partial charge is 0.322 e. The van der Waals surface area contributed by atoms with Gasteiger partial charge in [0.05, 0.1) is 11.2 Å². The van der Waals surface area contributed by atoms with Gasteiger partial charge < -0.3 is 15.5 Å². The van der Waals surface area contributed by atoms with Gasteiger partial charge in [-0.3, -0.25) is 9.59 Å². The van der Waals surface area contributed by atoms with Crippen LogP contribution in [0.15, 0.2) is 0 Å². The summed E-state index contributed by atoms with van der Waals surface area (Å²) >= 11 is 1.04. The van der Waals surface area contributed by atoms with Gasteiger partial charge in [-0.2, -0.15) is 0 Å². The second kappa shape index (κ2) is 5.84. The molecule has 12 heavy (non-hydrogen) atoms. The molecule has 0 fully saturated rings. The number of carboxylic acid groups (broad SMARTS) is 1. The van der Waals surface area contributed by atoms with Crippen molar-refractivity contribution in [1.82, 2.24) is 5.32 Å². The van der Waals surface area contributed by atoms with Crippen LogP contribution in [0, 0.1) is 0 Å². The summed E-state index contributed by atoms with van der Waals surface area (Å²) < 4.78 is 0. The summed E-state index contributed by atoms with van der Waals surface area (Å²) in [6, 6.07) is 0. The largest absolute Gasteiger partial charge is 0.480 e. The number of carboxylic acids is 1. The summed E-state index contributed by atoms with van der Waals surface area (Å²) in [6.45, 7) is 1.22. The van der Waals surface area contributed by atoms with E-state index in [9.17, 15) is 9.59 Å². The lowest BCUT2D eigenvalue weighted by Gasteiger charge is -2.07. The fraction of sp³-hybridized carbons (Fsp3) is 0.667. The number of aliphatic carboxylic acids is 1. The molecule has 0 spiro atoms. The van der Waals surface area contributed by atoms with Crippen molar-refractivity contribution < 1.29 is 19.8 Å². The van der Waals surface area contributed by atoms with Crippen LogP contribution in [0.4, 0.5) is 0 Å². The number of aliphatic hydroxyl groups is 1. The summed E-state index contributed by atoms with van der Waals surface area (Å²) in [6.07, 6.45) is 0. The fourth-order valence-electron chi connectivity index (χ4n) is 0.494. The predicted molar refractivity (Wildman–Crippen MR) is 44.8 cm³/mol. The molecule has 0 aliphatic carbocycles. The van der Waals surface area contributed by atoms with E-state index < -0.39 is 11.2 Å². The van der Waals surface area contributed by atoms with Crippen LogP contribution < -0.4 is 5.32 Å². The van der Waals surface area contributed by atoms with Crippen molar-refractivity contribution >= 4 is 23.6 Å². The number of aliphatic hydroxyl groups excluding tert-OH is 1. The van der Waals surface area contributed by atoms with Crippen LogP contribution >= 0.6 is 11.8 Å². The Morgan fingerprint density at radius 2 is 2.17 bits per heavy atom. The van der Waals surface area contributed by atoms with E-state index in [1.165, 1.54) is 0 Å². The van der Waals surface area contributed by atoms with Gasteiger partial charge in [-0.25, -0.2) is 0 Å². The molecular weight excluding hydrogens is 182 g/mol. The van der Waals surface area contributed by atoms with Crippen LogP contribution in [0.25, 0.3) is 0 Å². The van der Waals surface area contributed by atoms with Crippen LogP contribution in [0.3, 0.4) is 0 Å². The molecule has 0 saturated carbocycles. The molecule has 5 nitrogen and oxygen atoms in total. The minimum absolute atomic E-state index is 0.151. The Morgan fingerprint density at radius 1 is 1.58 bits per heavy atom. The molecular formula is C6H11NO4S. The minimum atomic E-state index is -1.08. The quantitative estimate of drug-likeness (QED) is 0.500. The first-order valence-electron chi connectivity index (χ1n) is 3.30. The number of carbonyl (C=O) groups excluding carboxylic acids is 1. The van der Waals surface area contributed by atoms with Gasteiger partial charge in [0, 0.05) is 0 Å². The molecule has 0 rings (SSSR count). The summed E-state index contributed by atoms with van der Waals surface area (Å²) in [7, 11) is 0. The molecule has 0 radical (unpaired) electrons. The third kappa shape index (κ3) is 4.97. The average Bonchev–Trinajstić information content (AvgIpc) is 2.00. The van der Waals surface area contributed by atoms with Crippen molar-refractivity contribution in [3.8, 4) is 0 Å². The predicted octanol–water partition coefficient (Wildman–Crippen LogP) is -0.741. The highest BCUT2D eigenvalue weighted by Gasteiger charge is 2.12. The van der Waals surface area contributed by atoms with Gasteiger partial charge in [0.2, 0.25) is 5.91 Å². The SMILES string of the molecule is CC(SCO)C(=O)NCC(=O)O. The lowest BCUT2D eigenvalue weighted by atomic mass is 10.4. The molecule has 0 bridgehead atoms. The summed E-state index contributed by atoms with van der Waals surface area (Å²) in [5.74, 6) is -1.61. The molecule has 0 aromatic carbocycles. The summed E-state index contributed by atoms with van der Waals surface area (Å²) in [5.41, 5.74) is 0. The molecule has 0 aromatic heterocycles. The molecule has 1 amide bonds. The minimum Gasteiger partial charge on any atom is -0.480 e. The first kappa shape index (κ1) is 11.2. The maximum atomic E-state index is 10.9. The molecule has 70 valence electrons. The van der Waals surface area contributed by atoms with E-state index in [-0.39, 0.29) is 18.4 Å². The molecule has 3 N–H and O–H groups in total. The van der Waals surface area contributed by atoms with E-state index in [0.29, 0.717) is 0 Å². The van der Waals surface area contributed by atoms with Crippen LogP contribution in [0.1, 0.15) is 6.92 Å². The maximum Gasteiger partial charge on any atom is 0.322 e. The Morgan fingerprint density at radius 3 is 2.58 bits per heavy atom. The van der Waals surface area contributed by atoms with Crippen LogP contribution in [0.2, 0.25) is 0 Å². The Hall–Kier alpha value is -0.750. The van der Waals surface area contributed by atoms with Crippen LogP contribution in [-0.4, -0.2) is 39.8 Å². The second-order valence-corrected chi connectivity index (χ2v) is 3.35. The number of hydrogen-bond acceptors (Lipinski definition) is 4. The number of carbonyl (C=O) groups is 2. The van der Waals surface area contributed by atoms with Gasteiger partial charge in [0.25, 0.3) is 0 Å². The maximum absolute atomic E-state index is 10.9. The Bertz CT molecular complexity index is 173. The molecule has 0 saturated heterocycles. The Labute approximate surface area is 74.1 Å². The van der Waals surface area contributed by atoms with E-state index in [1.807, 2.05) is 0 Å². The standard InChI is InChI=1S/C6H11NO4S/c1-4(12-3-8)6(11)7-2-5(9)10/h4,8H,2-3H2,1H3,(H,7,11)(H,9,10). The van der Waals surface area contributed by atoms with Gasteiger partial charge in [-0.15, -0.1) is 11.8 Å². The Balaban J connectivity index is 3.64. The number of thioether (sulfide) groups is 1. The van der Waals surface area contributed by atoms with Gasteiger partial charge in [0.1, 0.15) is 6.54 Å². The monoisotopic (exact) mass is 193 g/mol. The van der Waals surface area contributed by atoms with Crippen molar-refractivity contribution in [2.24, 2.45) is 0 Å². The van der Waals surface area contributed by atoms with Crippen molar-refractivity contribution in [1.29, 1.82) is 0 Å². The summed E-state index contributed by atoms with van der Waals surface area (Å²) in [4.78, 5) is 20.9. The van der Waals surface area contributed by atoms with E-state index >= 15 is 0 Å². The second-order valence-electron chi connectivity index (χ2n) is 2.05. The zero-order valence-electron chi connectivity index (χ0n) is 6.61. The van der Waals surface area contributed by atoms with E-state index in [4.69, 9.17) is 10.2 Å². The lowest BCUT2D eigenvalue weighted by molar-refractivity contribution is -0.137. The molecule has 0 aliphatic heterocycles. The van der Waals surface area contributed by atoms with Gasteiger partial charge >= 0.3 is 5.97 Å².